The summed E-state index contributed by atoms with van der Waals surface area (Å²) in [7, 11) is 0. The first kappa shape index (κ1) is 13.1. The lowest BCUT2D eigenvalue weighted by molar-refractivity contribution is -0.145. The minimum absolute atomic E-state index is 0.161. The second-order valence-corrected chi connectivity index (χ2v) is 4.46. The van der Waals surface area contributed by atoms with Crippen LogP contribution in [0.4, 0.5) is 0 Å². The molecule has 0 unspecified atom stereocenters. The third-order valence-corrected chi connectivity index (χ3v) is 2.98. The summed E-state index contributed by atoms with van der Waals surface area (Å²) in [5, 5.41) is 0. The number of hydrogen-bond donors (Lipinski definition) is 0. The van der Waals surface area contributed by atoms with Gasteiger partial charge in [-0.2, -0.15) is 0 Å². The Hall–Kier alpha value is -1.39. The van der Waals surface area contributed by atoms with Gasteiger partial charge in [0.05, 0.1) is 6.61 Å². The highest BCUT2D eigenvalue weighted by molar-refractivity contribution is 5.65. The highest BCUT2D eigenvalue weighted by Crippen LogP contribution is 2.27. The zero-order valence-corrected chi connectivity index (χ0v) is 10.7. The Morgan fingerprint density at radius 2 is 2.17 bits per heavy atom. The molecule has 1 aliphatic heterocycles. The molecule has 1 heterocycles. The molecule has 0 bridgehead atoms. The Morgan fingerprint density at radius 3 is 2.83 bits per heavy atom. The van der Waals surface area contributed by atoms with Crippen LogP contribution in [0.3, 0.4) is 0 Å². The fourth-order valence-corrected chi connectivity index (χ4v) is 1.94. The fourth-order valence-electron chi connectivity index (χ4n) is 1.94. The normalized spacial score (nSPS) is 24.8. The third-order valence-electron chi connectivity index (χ3n) is 2.98. The minimum Gasteiger partial charge on any atom is -0.463 e. The summed E-state index contributed by atoms with van der Waals surface area (Å²) in [6, 6.07) is 10.1. The van der Waals surface area contributed by atoms with E-state index in [1.807, 2.05) is 18.2 Å². The van der Waals surface area contributed by atoms with E-state index in [1.165, 1.54) is 12.5 Å². The molecule has 1 aliphatic rings. The maximum absolute atomic E-state index is 10.7. The number of rotatable bonds is 4. The van der Waals surface area contributed by atoms with Crippen LogP contribution in [0.2, 0.25) is 0 Å². The lowest BCUT2D eigenvalue weighted by Gasteiger charge is -2.19. The van der Waals surface area contributed by atoms with Crippen LogP contribution in [-0.2, 0) is 19.0 Å². The Labute approximate surface area is 107 Å². The van der Waals surface area contributed by atoms with Crippen molar-refractivity contribution in [3.63, 3.8) is 0 Å². The van der Waals surface area contributed by atoms with Crippen LogP contribution in [0.25, 0.3) is 0 Å². The SMILES string of the molecule is CC(=O)OC[C@H]1CO[C@@H]([C@H](C)c2ccccc2)O1. The van der Waals surface area contributed by atoms with Crippen molar-refractivity contribution in [2.45, 2.75) is 32.2 Å². The standard InChI is InChI=1S/C14H18O4/c1-10(12-6-4-3-5-7-12)14-17-9-13(18-14)8-16-11(2)15/h3-7,10,13-14H,8-9H2,1-2H3/t10-,13+,14-/m1/s1. The molecule has 1 aromatic carbocycles. The largest absolute Gasteiger partial charge is 0.463 e. The van der Waals surface area contributed by atoms with Crippen molar-refractivity contribution in [3.8, 4) is 0 Å². The van der Waals surface area contributed by atoms with E-state index < -0.39 is 0 Å². The first-order valence-corrected chi connectivity index (χ1v) is 6.12. The molecule has 0 spiro atoms. The molecular weight excluding hydrogens is 232 g/mol. The summed E-state index contributed by atoms with van der Waals surface area (Å²) in [6.45, 7) is 4.18. The molecule has 1 saturated heterocycles. The Bertz CT molecular complexity index is 390. The van der Waals surface area contributed by atoms with Crippen LogP contribution in [0.5, 0.6) is 0 Å². The van der Waals surface area contributed by atoms with Gasteiger partial charge >= 0.3 is 5.97 Å². The molecule has 2 rings (SSSR count). The first-order valence-electron chi connectivity index (χ1n) is 6.12. The molecule has 0 aromatic heterocycles. The zero-order chi connectivity index (χ0) is 13.0. The van der Waals surface area contributed by atoms with E-state index in [4.69, 9.17) is 14.2 Å². The van der Waals surface area contributed by atoms with Gasteiger partial charge in [-0.15, -0.1) is 0 Å². The molecule has 4 heteroatoms. The zero-order valence-electron chi connectivity index (χ0n) is 10.7. The van der Waals surface area contributed by atoms with E-state index in [0.29, 0.717) is 6.61 Å². The molecular formula is C14H18O4. The molecule has 98 valence electrons. The van der Waals surface area contributed by atoms with Crippen LogP contribution in [0.15, 0.2) is 30.3 Å². The minimum atomic E-state index is -0.293. The molecule has 0 saturated carbocycles. The summed E-state index contributed by atoms with van der Waals surface area (Å²) < 4.78 is 16.2. The predicted octanol–water partition coefficient (Wildman–Crippen LogP) is 2.09. The summed E-state index contributed by atoms with van der Waals surface area (Å²) >= 11 is 0. The van der Waals surface area contributed by atoms with Crippen molar-refractivity contribution in [2.24, 2.45) is 0 Å². The van der Waals surface area contributed by atoms with Crippen molar-refractivity contribution in [3.05, 3.63) is 35.9 Å². The van der Waals surface area contributed by atoms with E-state index in [1.54, 1.807) is 0 Å². The van der Waals surface area contributed by atoms with E-state index in [-0.39, 0.29) is 30.9 Å². The van der Waals surface area contributed by atoms with Crippen LogP contribution >= 0.6 is 0 Å². The number of hydrogen-bond acceptors (Lipinski definition) is 4. The molecule has 1 fully saturated rings. The lowest BCUT2D eigenvalue weighted by atomic mass is 10.0. The van der Waals surface area contributed by atoms with Gasteiger partial charge in [-0.05, 0) is 5.56 Å². The number of benzene rings is 1. The van der Waals surface area contributed by atoms with Crippen molar-refractivity contribution in [1.29, 1.82) is 0 Å². The summed E-state index contributed by atoms with van der Waals surface area (Å²) in [5.74, 6) is -0.133. The second kappa shape index (κ2) is 5.98. The highest BCUT2D eigenvalue weighted by atomic mass is 16.7. The van der Waals surface area contributed by atoms with Gasteiger partial charge in [0.2, 0.25) is 0 Å². The Balaban J connectivity index is 1.87. The quantitative estimate of drug-likeness (QED) is 0.768. The topological polar surface area (TPSA) is 44.8 Å². The summed E-state index contributed by atoms with van der Waals surface area (Å²) in [6.07, 6.45) is -0.432. The van der Waals surface area contributed by atoms with Crippen molar-refractivity contribution < 1.29 is 19.0 Å². The Morgan fingerprint density at radius 1 is 1.44 bits per heavy atom. The highest BCUT2D eigenvalue weighted by Gasteiger charge is 2.31. The fraction of sp³-hybridized carbons (Fsp3) is 0.500. The molecule has 0 radical (unpaired) electrons. The van der Waals surface area contributed by atoms with Gasteiger partial charge in [0.25, 0.3) is 0 Å². The second-order valence-electron chi connectivity index (χ2n) is 4.46. The number of esters is 1. The monoisotopic (exact) mass is 250 g/mol. The van der Waals surface area contributed by atoms with Crippen LogP contribution < -0.4 is 0 Å². The molecule has 0 amide bonds. The average Bonchev–Trinajstić information content (AvgIpc) is 2.85. The lowest BCUT2D eigenvalue weighted by Crippen LogP contribution is -2.22. The van der Waals surface area contributed by atoms with Gasteiger partial charge < -0.3 is 14.2 Å². The molecule has 4 nitrogen and oxygen atoms in total. The average molecular weight is 250 g/mol. The number of carbonyl (C=O) groups is 1. The van der Waals surface area contributed by atoms with E-state index in [2.05, 4.69) is 19.1 Å². The predicted molar refractivity (Wildman–Crippen MR) is 66.1 cm³/mol. The van der Waals surface area contributed by atoms with Crippen molar-refractivity contribution >= 4 is 5.97 Å². The summed E-state index contributed by atoms with van der Waals surface area (Å²) in [5.41, 5.74) is 1.18. The van der Waals surface area contributed by atoms with Gasteiger partial charge in [-0.3, -0.25) is 4.79 Å². The number of ether oxygens (including phenoxy) is 3. The maximum Gasteiger partial charge on any atom is 0.302 e. The van der Waals surface area contributed by atoms with E-state index in [9.17, 15) is 4.79 Å². The van der Waals surface area contributed by atoms with Gasteiger partial charge in [0, 0.05) is 12.8 Å². The molecule has 1 aromatic rings. The van der Waals surface area contributed by atoms with Crippen LogP contribution in [0, 0.1) is 0 Å². The van der Waals surface area contributed by atoms with E-state index >= 15 is 0 Å². The number of carbonyl (C=O) groups excluding carboxylic acids is 1. The van der Waals surface area contributed by atoms with Crippen LogP contribution in [-0.4, -0.2) is 31.6 Å². The van der Waals surface area contributed by atoms with Gasteiger partial charge in [-0.1, -0.05) is 37.3 Å². The third kappa shape index (κ3) is 3.31. The van der Waals surface area contributed by atoms with E-state index in [0.717, 1.165) is 0 Å². The molecule has 18 heavy (non-hydrogen) atoms. The summed E-state index contributed by atoms with van der Waals surface area (Å²) in [4.78, 5) is 10.7. The smallest absolute Gasteiger partial charge is 0.302 e. The molecule has 0 aliphatic carbocycles. The van der Waals surface area contributed by atoms with Crippen LogP contribution in [0.1, 0.15) is 25.3 Å². The van der Waals surface area contributed by atoms with Crippen molar-refractivity contribution in [1.82, 2.24) is 0 Å². The Kier molecular flexibility index (Phi) is 4.33. The first-order chi connectivity index (χ1) is 8.66. The van der Waals surface area contributed by atoms with Gasteiger partial charge in [0.1, 0.15) is 12.7 Å². The van der Waals surface area contributed by atoms with Gasteiger partial charge in [0.15, 0.2) is 6.29 Å². The molecule has 0 N–H and O–H groups in total. The van der Waals surface area contributed by atoms with Gasteiger partial charge in [-0.25, -0.2) is 0 Å². The van der Waals surface area contributed by atoms with Crippen molar-refractivity contribution in [2.75, 3.05) is 13.2 Å². The maximum atomic E-state index is 10.7. The molecule has 3 atom stereocenters.